The van der Waals surface area contributed by atoms with E-state index >= 15 is 0 Å². The normalized spacial score (nSPS) is 24.2. The van der Waals surface area contributed by atoms with E-state index in [-0.39, 0.29) is 18.9 Å². The van der Waals surface area contributed by atoms with Crippen molar-refractivity contribution in [1.82, 2.24) is 5.32 Å². The summed E-state index contributed by atoms with van der Waals surface area (Å²) in [7, 11) is 0. The van der Waals surface area contributed by atoms with E-state index in [4.69, 9.17) is 18.9 Å². The minimum Gasteiger partial charge on any atom is -0.394 e. The van der Waals surface area contributed by atoms with Gasteiger partial charge in [0.05, 0.1) is 32.0 Å². The number of amides is 1. The Bertz CT molecular complexity index is 1560. The van der Waals surface area contributed by atoms with Gasteiger partial charge in [-0.15, -0.1) is 0 Å². The molecule has 9 N–H and O–H groups in total. The van der Waals surface area contributed by atoms with Gasteiger partial charge in [-0.2, -0.15) is 0 Å². The largest absolute Gasteiger partial charge is 0.394 e. The Morgan fingerprint density at radius 3 is 1.23 bits per heavy atom. The fourth-order valence-electron chi connectivity index (χ4n) is 11.1. The maximum atomic E-state index is 13.3. The molecule has 0 saturated carbocycles. The van der Waals surface area contributed by atoms with Crippen LogP contribution in [0.5, 0.6) is 0 Å². The summed E-state index contributed by atoms with van der Waals surface area (Å²) in [5.41, 5.74) is 0. The fourth-order valence-corrected chi connectivity index (χ4v) is 11.1. The van der Waals surface area contributed by atoms with Crippen LogP contribution >= 0.6 is 0 Å². The van der Waals surface area contributed by atoms with Crippen LogP contribution in [-0.4, -0.2) is 140 Å². The van der Waals surface area contributed by atoms with E-state index in [9.17, 15) is 45.6 Å². The van der Waals surface area contributed by atoms with Crippen LogP contribution in [0.2, 0.25) is 0 Å². The van der Waals surface area contributed by atoms with Crippen molar-refractivity contribution in [2.45, 2.75) is 357 Å². The third kappa shape index (κ3) is 37.5. The lowest BCUT2D eigenvalue weighted by Crippen LogP contribution is -2.65. The van der Waals surface area contributed by atoms with Gasteiger partial charge in [0.15, 0.2) is 12.6 Å². The van der Waals surface area contributed by atoms with E-state index in [0.29, 0.717) is 6.42 Å². The average molecular weight is 1160 g/mol. The second-order valence-electron chi connectivity index (χ2n) is 24.0. The summed E-state index contributed by atoms with van der Waals surface area (Å²) in [6.45, 7) is 2.80. The predicted octanol–water partition coefficient (Wildman–Crippen LogP) is 13.1. The minimum absolute atomic E-state index is 0.237. The predicted molar refractivity (Wildman–Crippen MR) is 332 cm³/mol. The van der Waals surface area contributed by atoms with Crippen molar-refractivity contribution in [3.05, 3.63) is 48.6 Å². The number of aliphatic hydroxyl groups excluding tert-OH is 8. The third-order valence-corrected chi connectivity index (χ3v) is 16.5. The minimum atomic E-state index is -1.79. The smallest absolute Gasteiger partial charge is 0.220 e. The summed E-state index contributed by atoms with van der Waals surface area (Å²) in [5.74, 6) is -0.237. The Labute approximate surface area is 499 Å². The van der Waals surface area contributed by atoms with Crippen molar-refractivity contribution in [2.24, 2.45) is 0 Å². The average Bonchev–Trinajstić information content (AvgIpc) is 3.56. The molecule has 14 nitrogen and oxygen atoms in total. The second kappa shape index (κ2) is 53.2. The first-order valence-electron chi connectivity index (χ1n) is 33.9. The van der Waals surface area contributed by atoms with Gasteiger partial charge in [-0.1, -0.05) is 268 Å². The Balaban J connectivity index is 1.60. The van der Waals surface area contributed by atoms with Crippen LogP contribution in [0.15, 0.2) is 48.6 Å². The van der Waals surface area contributed by atoms with Crippen molar-refractivity contribution in [2.75, 3.05) is 19.8 Å². The molecule has 480 valence electrons. The van der Waals surface area contributed by atoms with E-state index in [1.54, 1.807) is 6.08 Å². The summed E-state index contributed by atoms with van der Waals surface area (Å²) in [4.78, 5) is 13.3. The Morgan fingerprint density at radius 2 is 0.805 bits per heavy atom. The molecule has 0 aromatic carbocycles. The number of hydrogen-bond donors (Lipinski definition) is 9. The molecular formula is C68H125NO13. The summed E-state index contributed by atoms with van der Waals surface area (Å²) >= 11 is 0. The van der Waals surface area contributed by atoms with Gasteiger partial charge in [0.2, 0.25) is 5.91 Å². The molecule has 2 rings (SSSR count). The lowest BCUT2D eigenvalue weighted by molar-refractivity contribution is -0.359. The molecule has 2 saturated heterocycles. The lowest BCUT2D eigenvalue weighted by Gasteiger charge is -2.46. The highest BCUT2D eigenvalue weighted by atomic mass is 16.7. The van der Waals surface area contributed by atoms with Crippen LogP contribution in [0.3, 0.4) is 0 Å². The van der Waals surface area contributed by atoms with Crippen LogP contribution in [0.4, 0.5) is 0 Å². The molecule has 0 bridgehead atoms. The van der Waals surface area contributed by atoms with Gasteiger partial charge in [0.1, 0.15) is 48.8 Å². The zero-order chi connectivity index (χ0) is 59.5. The second-order valence-corrected chi connectivity index (χ2v) is 24.0. The van der Waals surface area contributed by atoms with Crippen LogP contribution in [0.25, 0.3) is 0 Å². The van der Waals surface area contributed by atoms with E-state index < -0.39 is 86.8 Å². The van der Waals surface area contributed by atoms with Gasteiger partial charge in [-0.05, 0) is 57.8 Å². The number of carbonyl (C=O) groups is 1. The van der Waals surface area contributed by atoms with E-state index in [1.807, 2.05) is 6.08 Å². The molecule has 0 aliphatic carbocycles. The van der Waals surface area contributed by atoms with Gasteiger partial charge in [0, 0.05) is 6.42 Å². The molecule has 14 heteroatoms. The SMILES string of the molecule is CCCCCCC/C=C\C/C=C\C/C=C\CCCCCCCCCCCCCCCCCCCCCCC(=O)NC(COC1OC(CO)C(OC2OC(CO)C(O)C(O)C2O)C(O)C1O)C(O)/C=C/CCCCCCCCCCCCC. The van der Waals surface area contributed by atoms with E-state index in [2.05, 4.69) is 55.6 Å². The number of allylic oxidation sites excluding steroid dienone is 7. The van der Waals surface area contributed by atoms with E-state index in [0.717, 1.165) is 51.4 Å². The third-order valence-electron chi connectivity index (χ3n) is 16.5. The summed E-state index contributed by atoms with van der Waals surface area (Å²) < 4.78 is 22.8. The van der Waals surface area contributed by atoms with Gasteiger partial charge in [-0.25, -0.2) is 0 Å². The Morgan fingerprint density at radius 1 is 0.439 bits per heavy atom. The molecule has 0 aromatic rings. The maximum absolute atomic E-state index is 13.3. The Kier molecular flexibility index (Phi) is 49.3. The topological polar surface area (TPSA) is 228 Å². The zero-order valence-electron chi connectivity index (χ0n) is 52.0. The molecule has 12 atom stereocenters. The highest BCUT2D eigenvalue weighted by molar-refractivity contribution is 5.76. The molecule has 2 heterocycles. The van der Waals surface area contributed by atoms with Crippen molar-refractivity contribution >= 4 is 5.91 Å². The lowest BCUT2D eigenvalue weighted by atomic mass is 9.97. The molecule has 2 fully saturated rings. The zero-order valence-corrected chi connectivity index (χ0v) is 52.0. The van der Waals surface area contributed by atoms with Crippen molar-refractivity contribution in [1.29, 1.82) is 0 Å². The monoisotopic (exact) mass is 1160 g/mol. The fraction of sp³-hybridized carbons (Fsp3) is 0.868. The summed E-state index contributed by atoms with van der Waals surface area (Å²) in [6, 6.07) is -0.913. The highest BCUT2D eigenvalue weighted by Crippen LogP contribution is 2.30. The van der Waals surface area contributed by atoms with Gasteiger partial charge in [-0.3, -0.25) is 4.79 Å². The number of ether oxygens (including phenoxy) is 4. The summed E-state index contributed by atoms with van der Waals surface area (Å²) in [6.07, 6.45) is 51.8. The van der Waals surface area contributed by atoms with Crippen LogP contribution in [0, 0.1) is 0 Å². The Hall–Kier alpha value is -2.05. The molecule has 2 aliphatic heterocycles. The number of rotatable bonds is 55. The van der Waals surface area contributed by atoms with Crippen LogP contribution in [0.1, 0.15) is 284 Å². The molecule has 2 aliphatic rings. The molecule has 0 radical (unpaired) electrons. The molecule has 0 spiro atoms. The quantitative estimate of drug-likeness (QED) is 0.0204. The first kappa shape index (κ1) is 76.0. The first-order chi connectivity index (χ1) is 40.1. The molecule has 12 unspecified atom stereocenters. The number of nitrogens with one attached hydrogen (secondary N) is 1. The number of unbranched alkanes of at least 4 members (excludes halogenated alkanes) is 36. The van der Waals surface area contributed by atoms with Crippen molar-refractivity contribution in [3.63, 3.8) is 0 Å². The summed E-state index contributed by atoms with van der Waals surface area (Å²) in [5, 5.41) is 87.2. The van der Waals surface area contributed by atoms with Gasteiger partial charge >= 0.3 is 0 Å². The van der Waals surface area contributed by atoms with Crippen molar-refractivity contribution in [3.8, 4) is 0 Å². The van der Waals surface area contributed by atoms with Gasteiger partial charge in [0.25, 0.3) is 0 Å². The maximum Gasteiger partial charge on any atom is 0.220 e. The van der Waals surface area contributed by atoms with Crippen LogP contribution in [-0.2, 0) is 23.7 Å². The molecule has 0 aromatic heterocycles. The molecular weight excluding hydrogens is 1040 g/mol. The highest BCUT2D eigenvalue weighted by Gasteiger charge is 2.51. The molecule has 82 heavy (non-hydrogen) atoms. The number of hydrogen-bond acceptors (Lipinski definition) is 13. The number of aliphatic hydroxyl groups is 8. The van der Waals surface area contributed by atoms with Crippen molar-refractivity contribution < 1.29 is 64.6 Å². The van der Waals surface area contributed by atoms with Crippen LogP contribution < -0.4 is 5.32 Å². The number of carbonyl (C=O) groups excluding carboxylic acids is 1. The van der Waals surface area contributed by atoms with E-state index in [1.165, 1.54) is 205 Å². The first-order valence-corrected chi connectivity index (χ1v) is 33.9. The standard InChI is InChI=1S/C68H125NO13/c1-3-5-7-9-11-13-15-17-18-19-20-21-22-23-24-25-26-27-28-29-30-31-32-33-34-35-36-37-38-40-42-44-46-48-50-52-60(73)69-56(57(72)51-49-47-45-43-41-39-16-14-12-10-8-6-4-2)55-79-67-65(78)63(76)66(59(54-71)81-67)82-68-64(77)62(75)61(74)58(53-70)80-68/h15,17,19-20,22-23,49,51,56-59,61-68,70-72,74-78H,3-14,16,18,21,24-48,50,52-55H2,1-2H3,(H,69,73)/b17-15-,20-19-,23-22-,51-49+. The molecule has 1 amide bonds. The van der Waals surface area contributed by atoms with Gasteiger partial charge < -0.3 is 65.1 Å².